The SMILES string of the molecule is O=C(CCCOc1ccc(Br)cc1)Nc1cccnc1. The second kappa shape index (κ2) is 7.65. The summed E-state index contributed by atoms with van der Waals surface area (Å²) < 4.78 is 6.56. The van der Waals surface area contributed by atoms with Crippen LogP contribution in [0.4, 0.5) is 5.69 Å². The van der Waals surface area contributed by atoms with Crippen molar-refractivity contribution in [3.63, 3.8) is 0 Å². The standard InChI is InChI=1S/C15H15BrN2O2/c16-12-5-7-14(8-6-12)20-10-2-4-15(19)18-13-3-1-9-17-11-13/h1,3,5-9,11H,2,4,10H2,(H,18,19). The minimum Gasteiger partial charge on any atom is -0.494 e. The number of aromatic nitrogens is 1. The van der Waals surface area contributed by atoms with E-state index in [-0.39, 0.29) is 5.91 Å². The molecule has 0 fully saturated rings. The van der Waals surface area contributed by atoms with Gasteiger partial charge in [0.25, 0.3) is 0 Å². The van der Waals surface area contributed by atoms with Gasteiger partial charge < -0.3 is 10.1 Å². The number of hydrogen-bond donors (Lipinski definition) is 1. The summed E-state index contributed by atoms with van der Waals surface area (Å²) in [7, 11) is 0. The molecule has 1 amide bonds. The van der Waals surface area contributed by atoms with Gasteiger partial charge in [-0.3, -0.25) is 9.78 Å². The molecule has 1 heterocycles. The Hall–Kier alpha value is -1.88. The van der Waals surface area contributed by atoms with E-state index in [0.29, 0.717) is 25.1 Å². The first-order chi connectivity index (χ1) is 9.74. The lowest BCUT2D eigenvalue weighted by atomic mass is 10.3. The zero-order valence-electron chi connectivity index (χ0n) is 10.9. The molecule has 4 nitrogen and oxygen atoms in total. The first-order valence-corrected chi connectivity index (χ1v) is 7.11. The minimum atomic E-state index is -0.0302. The van der Waals surface area contributed by atoms with Crippen LogP contribution in [0.5, 0.6) is 5.75 Å². The molecule has 20 heavy (non-hydrogen) atoms. The third-order valence-electron chi connectivity index (χ3n) is 2.58. The van der Waals surface area contributed by atoms with Crippen LogP contribution >= 0.6 is 15.9 Å². The maximum Gasteiger partial charge on any atom is 0.224 e. The minimum absolute atomic E-state index is 0.0302. The van der Waals surface area contributed by atoms with Crippen LogP contribution in [0.1, 0.15) is 12.8 Å². The van der Waals surface area contributed by atoms with Gasteiger partial charge in [-0.25, -0.2) is 0 Å². The van der Waals surface area contributed by atoms with Crippen molar-refractivity contribution in [1.82, 2.24) is 4.98 Å². The van der Waals surface area contributed by atoms with Crippen LogP contribution in [-0.2, 0) is 4.79 Å². The Balaban J connectivity index is 1.66. The highest BCUT2D eigenvalue weighted by Gasteiger charge is 2.02. The highest BCUT2D eigenvalue weighted by Crippen LogP contribution is 2.16. The van der Waals surface area contributed by atoms with Crippen LogP contribution in [0, 0.1) is 0 Å². The summed E-state index contributed by atoms with van der Waals surface area (Å²) in [5.74, 6) is 0.776. The number of carbonyl (C=O) groups excluding carboxylic acids is 1. The number of halogens is 1. The van der Waals surface area contributed by atoms with E-state index in [2.05, 4.69) is 26.2 Å². The third-order valence-corrected chi connectivity index (χ3v) is 3.10. The fraction of sp³-hybridized carbons (Fsp3) is 0.200. The van der Waals surface area contributed by atoms with Gasteiger partial charge in [0, 0.05) is 17.1 Å². The number of ether oxygens (including phenoxy) is 1. The molecule has 0 atom stereocenters. The van der Waals surface area contributed by atoms with Crippen molar-refractivity contribution in [2.75, 3.05) is 11.9 Å². The van der Waals surface area contributed by atoms with Crippen LogP contribution < -0.4 is 10.1 Å². The molecule has 1 aromatic heterocycles. The van der Waals surface area contributed by atoms with E-state index in [1.165, 1.54) is 0 Å². The topological polar surface area (TPSA) is 51.2 Å². The smallest absolute Gasteiger partial charge is 0.224 e. The number of benzene rings is 1. The Morgan fingerprint density at radius 1 is 1.25 bits per heavy atom. The van der Waals surface area contributed by atoms with Crippen molar-refractivity contribution in [2.45, 2.75) is 12.8 Å². The van der Waals surface area contributed by atoms with Gasteiger partial charge in [-0.05, 0) is 42.8 Å². The van der Waals surface area contributed by atoms with Gasteiger partial charge in [0.05, 0.1) is 18.5 Å². The van der Waals surface area contributed by atoms with E-state index in [1.807, 2.05) is 30.3 Å². The molecule has 0 unspecified atom stereocenters. The molecule has 0 spiro atoms. The number of rotatable bonds is 6. The van der Waals surface area contributed by atoms with Gasteiger partial charge in [0.15, 0.2) is 0 Å². The zero-order valence-corrected chi connectivity index (χ0v) is 12.5. The van der Waals surface area contributed by atoms with E-state index in [4.69, 9.17) is 4.74 Å². The molecule has 1 N–H and O–H groups in total. The first kappa shape index (κ1) is 14.5. The fourth-order valence-electron chi connectivity index (χ4n) is 1.61. The second-order valence-electron chi connectivity index (χ2n) is 4.20. The Morgan fingerprint density at radius 3 is 2.75 bits per heavy atom. The van der Waals surface area contributed by atoms with Crippen molar-refractivity contribution in [3.8, 4) is 5.75 Å². The molecule has 0 radical (unpaired) electrons. The fourth-order valence-corrected chi connectivity index (χ4v) is 1.88. The average molecular weight is 335 g/mol. The van der Waals surface area contributed by atoms with E-state index in [1.54, 1.807) is 18.5 Å². The number of pyridine rings is 1. The Bertz CT molecular complexity index is 544. The van der Waals surface area contributed by atoms with Crippen molar-refractivity contribution in [2.24, 2.45) is 0 Å². The van der Waals surface area contributed by atoms with Crippen LogP contribution in [0.3, 0.4) is 0 Å². The molecule has 0 saturated heterocycles. The van der Waals surface area contributed by atoms with Gasteiger partial charge in [0.2, 0.25) is 5.91 Å². The van der Waals surface area contributed by atoms with E-state index in [9.17, 15) is 4.79 Å². The Labute approximate surface area is 126 Å². The van der Waals surface area contributed by atoms with Crippen molar-refractivity contribution < 1.29 is 9.53 Å². The summed E-state index contributed by atoms with van der Waals surface area (Å²) in [5, 5.41) is 2.78. The Kier molecular flexibility index (Phi) is 5.55. The van der Waals surface area contributed by atoms with Gasteiger partial charge in [-0.15, -0.1) is 0 Å². The predicted molar refractivity (Wildman–Crippen MR) is 81.7 cm³/mol. The van der Waals surface area contributed by atoms with Crippen molar-refractivity contribution in [1.29, 1.82) is 0 Å². The van der Waals surface area contributed by atoms with Crippen LogP contribution in [0.25, 0.3) is 0 Å². The van der Waals surface area contributed by atoms with Crippen LogP contribution in [-0.4, -0.2) is 17.5 Å². The molecular weight excluding hydrogens is 320 g/mol. The molecule has 0 bridgehead atoms. The maximum atomic E-state index is 11.7. The zero-order chi connectivity index (χ0) is 14.2. The molecule has 2 rings (SSSR count). The van der Waals surface area contributed by atoms with Gasteiger partial charge in [-0.2, -0.15) is 0 Å². The molecule has 104 valence electrons. The lowest BCUT2D eigenvalue weighted by Gasteiger charge is -2.07. The molecule has 2 aromatic rings. The average Bonchev–Trinajstić information content (AvgIpc) is 2.46. The summed E-state index contributed by atoms with van der Waals surface area (Å²) in [5.41, 5.74) is 0.714. The molecule has 0 aliphatic heterocycles. The predicted octanol–water partition coefficient (Wildman–Crippen LogP) is 3.64. The maximum absolute atomic E-state index is 11.7. The van der Waals surface area contributed by atoms with Crippen LogP contribution in [0.2, 0.25) is 0 Å². The first-order valence-electron chi connectivity index (χ1n) is 6.32. The number of nitrogens with one attached hydrogen (secondary N) is 1. The van der Waals surface area contributed by atoms with E-state index < -0.39 is 0 Å². The van der Waals surface area contributed by atoms with Gasteiger partial charge in [-0.1, -0.05) is 15.9 Å². The van der Waals surface area contributed by atoms with Crippen molar-refractivity contribution in [3.05, 3.63) is 53.3 Å². The third kappa shape index (κ3) is 5.01. The number of anilines is 1. The number of carbonyl (C=O) groups is 1. The molecule has 0 aliphatic rings. The normalized spacial score (nSPS) is 10.1. The highest BCUT2D eigenvalue weighted by molar-refractivity contribution is 9.10. The van der Waals surface area contributed by atoms with Gasteiger partial charge >= 0.3 is 0 Å². The van der Waals surface area contributed by atoms with Crippen LogP contribution in [0.15, 0.2) is 53.3 Å². The second-order valence-corrected chi connectivity index (χ2v) is 5.11. The molecule has 0 saturated carbocycles. The summed E-state index contributed by atoms with van der Waals surface area (Å²) in [6, 6.07) is 11.2. The number of amides is 1. The number of hydrogen-bond acceptors (Lipinski definition) is 3. The Morgan fingerprint density at radius 2 is 2.05 bits per heavy atom. The van der Waals surface area contributed by atoms with E-state index in [0.717, 1.165) is 10.2 Å². The molecule has 5 heteroatoms. The summed E-state index contributed by atoms with van der Waals surface area (Å²) in [4.78, 5) is 15.6. The number of nitrogens with zero attached hydrogens (tertiary/aromatic N) is 1. The van der Waals surface area contributed by atoms with Crippen molar-refractivity contribution >= 4 is 27.5 Å². The summed E-state index contributed by atoms with van der Waals surface area (Å²) in [6.45, 7) is 0.516. The molecular formula is C15H15BrN2O2. The monoisotopic (exact) mass is 334 g/mol. The molecule has 1 aromatic carbocycles. The van der Waals surface area contributed by atoms with Gasteiger partial charge in [0.1, 0.15) is 5.75 Å². The van der Waals surface area contributed by atoms with E-state index >= 15 is 0 Å². The molecule has 0 aliphatic carbocycles. The highest BCUT2D eigenvalue weighted by atomic mass is 79.9. The lowest BCUT2D eigenvalue weighted by Crippen LogP contribution is -2.12. The summed E-state index contributed by atoms with van der Waals surface area (Å²) >= 11 is 3.36. The largest absolute Gasteiger partial charge is 0.494 e. The summed E-state index contributed by atoms with van der Waals surface area (Å²) in [6.07, 6.45) is 4.38. The lowest BCUT2D eigenvalue weighted by molar-refractivity contribution is -0.116. The quantitative estimate of drug-likeness (QED) is 0.820.